The highest BCUT2D eigenvalue weighted by Crippen LogP contribution is 2.09. The third kappa shape index (κ3) is 1.85. The molecule has 1 aromatic heterocycles. The van der Waals surface area contributed by atoms with Gasteiger partial charge in [-0.15, -0.1) is 0 Å². The Balaban J connectivity index is 2.57. The van der Waals surface area contributed by atoms with Crippen LogP contribution in [0.5, 0.6) is 0 Å². The Morgan fingerprint density at radius 3 is 3.00 bits per heavy atom. The second-order valence-electron chi connectivity index (χ2n) is 3.15. The molecular formula is C10H8N2O3. The number of hydrogen-bond acceptors (Lipinski definition) is 3. The lowest BCUT2D eigenvalue weighted by atomic mass is 10.1. The third-order valence-corrected chi connectivity index (χ3v) is 2.06. The number of aromatic nitrogens is 2. The van der Waals surface area contributed by atoms with Gasteiger partial charge >= 0.3 is 5.97 Å². The van der Waals surface area contributed by atoms with Crippen LogP contribution in [0, 0.1) is 0 Å². The molecule has 2 aromatic rings. The van der Waals surface area contributed by atoms with Crippen LogP contribution < -0.4 is 5.56 Å². The van der Waals surface area contributed by atoms with E-state index in [9.17, 15) is 9.59 Å². The molecule has 15 heavy (non-hydrogen) atoms. The van der Waals surface area contributed by atoms with E-state index >= 15 is 0 Å². The summed E-state index contributed by atoms with van der Waals surface area (Å²) in [6, 6.07) is 4.81. The van der Waals surface area contributed by atoms with Crippen molar-refractivity contribution >= 4 is 16.9 Å². The van der Waals surface area contributed by atoms with Crippen LogP contribution in [-0.2, 0) is 11.2 Å². The van der Waals surface area contributed by atoms with Gasteiger partial charge in [0.25, 0.3) is 5.56 Å². The van der Waals surface area contributed by atoms with Crippen molar-refractivity contribution in [2.45, 2.75) is 6.42 Å². The zero-order valence-corrected chi connectivity index (χ0v) is 7.73. The van der Waals surface area contributed by atoms with Crippen LogP contribution >= 0.6 is 0 Å². The molecule has 1 aromatic carbocycles. The highest BCUT2D eigenvalue weighted by Gasteiger charge is 2.03. The number of benzene rings is 1. The van der Waals surface area contributed by atoms with Crippen LogP contribution in [0.4, 0.5) is 0 Å². The first-order valence-corrected chi connectivity index (χ1v) is 4.35. The summed E-state index contributed by atoms with van der Waals surface area (Å²) in [7, 11) is 0. The largest absolute Gasteiger partial charge is 0.481 e. The molecule has 0 bridgehead atoms. The fourth-order valence-corrected chi connectivity index (χ4v) is 1.40. The normalized spacial score (nSPS) is 10.4. The molecule has 0 amide bonds. The molecule has 5 heteroatoms. The number of carboxylic acid groups (broad SMARTS) is 1. The molecule has 0 unspecified atom stereocenters. The molecule has 76 valence electrons. The van der Waals surface area contributed by atoms with E-state index in [0.717, 1.165) is 0 Å². The number of fused-ring (bicyclic) bond motifs is 1. The number of nitrogens with one attached hydrogen (secondary N) is 1. The molecule has 2 N–H and O–H groups in total. The van der Waals surface area contributed by atoms with Crippen LogP contribution in [0.2, 0.25) is 0 Å². The van der Waals surface area contributed by atoms with Gasteiger partial charge in [0.1, 0.15) is 0 Å². The number of carboxylic acids is 1. The molecule has 0 aliphatic carbocycles. The van der Waals surface area contributed by atoms with Crippen molar-refractivity contribution < 1.29 is 9.90 Å². The number of carbonyl (C=O) groups is 1. The monoisotopic (exact) mass is 204 g/mol. The van der Waals surface area contributed by atoms with Gasteiger partial charge in [-0.2, -0.15) is 0 Å². The van der Waals surface area contributed by atoms with Crippen molar-refractivity contribution in [2.75, 3.05) is 0 Å². The van der Waals surface area contributed by atoms with Gasteiger partial charge in [-0.05, 0) is 17.7 Å². The van der Waals surface area contributed by atoms with Gasteiger partial charge in [-0.25, -0.2) is 4.98 Å². The summed E-state index contributed by atoms with van der Waals surface area (Å²) in [5.41, 5.74) is 0.924. The van der Waals surface area contributed by atoms with Crippen LogP contribution in [-0.4, -0.2) is 21.0 Å². The topological polar surface area (TPSA) is 83.0 Å². The van der Waals surface area contributed by atoms with Crippen LogP contribution in [0.15, 0.2) is 29.3 Å². The molecule has 0 saturated heterocycles. The molecule has 2 rings (SSSR count). The van der Waals surface area contributed by atoms with E-state index in [1.165, 1.54) is 6.33 Å². The molecule has 1 heterocycles. The van der Waals surface area contributed by atoms with Crippen molar-refractivity contribution in [3.8, 4) is 0 Å². The van der Waals surface area contributed by atoms with E-state index in [1.807, 2.05) is 0 Å². The average Bonchev–Trinajstić information content (AvgIpc) is 2.17. The predicted molar refractivity (Wildman–Crippen MR) is 53.7 cm³/mol. The van der Waals surface area contributed by atoms with E-state index in [-0.39, 0.29) is 12.0 Å². The molecular weight excluding hydrogens is 196 g/mol. The highest BCUT2D eigenvalue weighted by atomic mass is 16.4. The summed E-state index contributed by atoms with van der Waals surface area (Å²) in [4.78, 5) is 28.2. The maximum Gasteiger partial charge on any atom is 0.307 e. The van der Waals surface area contributed by atoms with E-state index in [2.05, 4.69) is 9.97 Å². The van der Waals surface area contributed by atoms with Crippen molar-refractivity contribution in [1.82, 2.24) is 9.97 Å². The first-order valence-electron chi connectivity index (χ1n) is 4.35. The number of aliphatic carboxylic acids is 1. The van der Waals surface area contributed by atoms with Gasteiger partial charge in [-0.3, -0.25) is 9.59 Å². The molecule has 0 spiro atoms. The smallest absolute Gasteiger partial charge is 0.307 e. The number of nitrogens with zero attached hydrogens (tertiary/aromatic N) is 1. The summed E-state index contributed by atoms with van der Waals surface area (Å²) >= 11 is 0. The van der Waals surface area contributed by atoms with Gasteiger partial charge in [-0.1, -0.05) is 6.07 Å². The summed E-state index contributed by atoms with van der Waals surface area (Å²) in [6.07, 6.45) is 1.24. The SMILES string of the molecule is O=C(O)Cc1ccc2c(=O)[nH]cnc2c1. The molecule has 0 radical (unpaired) electrons. The third-order valence-electron chi connectivity index (χ3n) is 2.06. The van der Waals surface area contributed by atoms with Gasteiger partial charge in [0.2, 0.25) is 0 Å². The first-order chi connectivity index (χ1) is 7.16. The number of hydrogen-bond donors (Lipinski definition) is 2. The van der Waals surface area contributed by atoms with E-state index in [0.29, 0.717) is 16.5 Å². The first kappa shape index (κ1) is 9.39. The number of H-pyrrole nitrogens is 1. The summed E-state index contributed by atoms with van der Waals surface area (Å²) < 4.78 is 0. The van der Waals surface area contributed by atoms with E-state index in [1.54, 1.807) is 18.2 Å². The minimum absolute atomic E-state index is 0.0651. The maximum atomic E-state index is 11.3. The Bertz CT molecular complexity index is 574. The van der Waals surface area contributed by atoms with Crippen LogP contribution in [0.25, 0.3) is 10.9 Å². The van der Waals surface area contributed by atoms with Crippen molar-refractivity contribution in [2.24, 2.45) is 0 Å². The standard InChI is InChI=1S/C10H8N2O3/c13-9(14)4-6-1-2-7-8(3-6)11-5-12-10(7)15/h1-3,5H,4H2,(H,13,14)(H,11,12,15). The van der Waals surface area contributed by atoms with Gasteiger partial charge in [0.15, 0.2) is 0 Å². The van der Waals surface area contributed by atoms with Crippen LogP contribution in [0.1, 0.15) is 5.56 Å². The van der Waals surface area contributed by atoms with E-state index < -0.39 is 5.97 Å². The number of aromatic amines is 1. The lowest BCUT2D eigenvalue weighted by Crippen LogP contribution is -2.07. The van der Waals surface area contributed by atoms with Crippen LogP contribution in [0.3, 0.4) is 0 Å². The van der Waals surface area contributed by atoms with Crippen molar-refractivity contribution in [3.05, 3.63) is 40.4 Å². The summed E-state index contributed by atoms with van der Waals surface area (Å²) in [5, 5.41) is 9.07. The molecule has 0 aliphatic rings. The Morgan fingerprint density at radius 1 is 1.47 bits per heavy atom. The Hall–Kier alpha value is -2.17. The molecule has 0 aliphatic heterocycles. The van der Waals surface area contributed by atoms with Crippen molar-refractivity contribution in [3.63, 3.8) is 0 Å². The molecule has 0 saturated carbocycles. The second-order valence-corrected chi connectivity index (χ2v) is 3.15. The fraction of sp³-hybridized carbons (Fsp3) is 0.100. The maximum absolute atomic E-state index is 11.3. The van der Waals surface area contributed by atoms with E-state index in [4.69, 9.17) is 5.11 Å². The summed E-state index contributed by atoms with van der Waals surface area (Å²) in [5.74, 6) is -0.904. The lowest BCUT2D eigenvalue weighted by molar-refractivity contribution is -0.136. The van der Waals surface area contributed by atoms with Gasteiger partial charge in [0, 0.05) is 0 Å². The fourth-order valence-electron chi connectivity index (χ4n) is 1.40. The summed E-state index contributed by atoms with van der Waals surface area (Å²) in [6.45, 7) is 0. The minimum atomic E-state index is -0.904. The Morgan fingerprint density at radius 2 is 2.27 bits per heavy atom. The van der Waals surface area contributed by atoms with Crippen molar-refractivity contribution in [1.29, 1.82) is 0 Å². The lowest BCUT2D eigenvalue weighted by Gasteiger charge is -1.99. The molecule has 0 fully saturated rings. The highest BCUT2D eigenvalue weighted by molar-refractivity contribution is 5.79. The predicted octanol–water partition coefficient (Wildman–Crippen LogP) is 0.550. The molecule has 0 atom stereocenters. The second kappa shape index (κ2) is 3.53. The Labute approximate surface area is 84.4 Å². The molecule has 5 nitrogen and oxygen atoms in total. The zero-order chi connectivity index (χ0) is 10.8. The van der Waals surface area contributed by atoms with Gasteiger partial charge < -0.3 is 10.1 Å². The number of rotatable bonds is 2. The van der Waals surface area contributed by atoms with Gasteiger partial charge in [0.05, 0.1) is 23.7 Å². The minimum Gasteiger partial charge on any atom is -0.481 e. The average molecular weight is 204 g/mol. The Kier molecular flexibility index (Phi) is 2.21. The zero-order valence-electron chi connectivity index (χ0n) is 7.73. The quantitative estimate of drug-likeness (QED) is 0.748.